The van der Waals surface area contributed by atoms with Crippen LogP contribution in [0.25, 0.3) is 0 Å². The maximum atomic E-state index is 5.63. The van der Waals surface area contributed by atoms with E-state index in [0.717, 1.165) is 18.2 Å². The Morgan fingerprint density at radius 3 is 2.57 bits per heavy atom. The predicted molar refractivity (Wildman–Crippen MR) is 56.5 cm³/mol. The summed E-state index contributed by atoms with van der Waals surface area (Å²) in [4.78, 5) is 6.33. The molecule has 0 spiro atoms. The normalized spacial score (nSPS) is 28.0. The molecule has 0 radical (unpaired) electrons. The van der Waals surface area contributed by atoms with Crippen molar-refractivity contribution in [1.29, 1.82) is 0 Å². The number of rotatable bonds is 1. The van der Waals surface area contributed by atoms with Gasteiger partial charge in [0.25, 0.3) is 0 Å². The summed E-state index contributed by atoms with van der Waals surface area (Å²) in [6.45, 7) is 5.85. The Kier molecular flexibility index (Phi) is 2.56. The molecule has 0 saturated carbocycles. The number of nitrogens with two attached hydrogens (primary N) is 1. The third kappa shape index (κ3) is 1.96. The minimum absolute atomic E-state index is 0.240. The highest BCUT2D eigenvalue weighted by atomic mass is 32.1. The molecule has 0 aliphatic carbocycles. The van der Waals surface area contributed by atoms with Crippen molar-refractivity contribution in [2.75, 3.05) is 23.7 Å². The van der Waals surface area contributed by atoms with Crippen LogP contribution in [0, 0.1) is 0 Å². The molecule has 2 rings (SSSR count). The monoisotopic (exact) mass is 214 g/mol. The van der Waals surface area contributed by atoms with E-state index in [2.05, 4.69) is 28.1 Å². The maximum absolute atomic E-state index is 5.63. The molecule has 14 heavy (non-hydrogen) atoms. The van der Waals surface area contributed by atoms with Gasteiger partial charge in [0.05, 0.1) is 12.2 Å². The van der Waals surface area contributed by atoms with Crippen LogP contribution in [0.2, 0.25) is 0 Å². The number of anilines is 2. The third-order valence-corrected chi connectivity index (χ3v) is 2.91. The molecule has 78 valence electrons. The van der Waals surface area contributed by atoms with Crippen LogP contribution in [0.5, 0.6) is 0 Å². The highest BCUT2D eigenvalue weighted by Gasteiger charge is 2.24. The highest BCUT2D eigenvalue weighted by Crippen LogP contribution is 2.22. The molecule has 2 heterocycles. The number of hydrogen-bond acceptors (Lipinski definition) is 6. The fourth-order valence-electron chi connectivity index (χ4n) is 1.69. The number of ether oxygens (including phenoxy) is 1. The molecule has 1 aliphatic rings. The van der Waals surface area contributed by atoms with Crippen molar-refractivity contribution in [3.8, 4) is 0 Å². The van der Waals surface area contributed by atoms with Gasteiger partial charge in [0.1, 0.15) is 0 Å². The van der Waals surface area contributed by atoms with E-state index in [4.69, 9.17) is 10.5 Å². The van der Waals surface area contributed by atoms with Gasteiger partial charge in [0.15, 0.2) is 0 Å². The Morgan fingerprint density at radius 2 is 2.07 bits per heavy atom. The molecule has 1 fully saturated rings. The van der Waals surface area contributed by atoms with Gasteiger partial charge in [-0.15, -0.1) is 0 Å². The van der Waals surface area contributed by atoms with Crippen LogP contribution in [0.3, 0.4) is 0 Å². The average Bonchev–Trinajstić information content (AvgIpc) is 2.50. The highest BCUT2D eigenvalue weighted by molar-refractivity contribution is 7.09. The molecule has 1 aromatic rings. The lowest BCUT2D eigenvalue weighted by Gasteiger charge is -2.34. The number of nitrogens with zero attached hydrogens (tertiary/aromatic N) is 3. The standard InChI is InChI=1S/C8H14N4OS/c1-5-3-12(4-6(2)13-5)8-10-7(9)11-14-8/h5-6H,3-4H2,1-2H3,(H2,9,11)/t5-,6+. The Bertz CT molecular complexity index is 306. The summed E-state index contributed by atoms with van der Waals surface area (Å²) in [6.07, 6.45) is 0.479. The van der Waals surface area contributed by atoms with Gasteiger partial charge in [-0.05, 0) is 13.8 Å². The zero-order valence-corrected chi connectivity index (χ0v) is 9.12. The largest absolute Gasteiger partial charge is 0.372 e. The topological polar surface area (TPSA) is 64.3 Å². The van der Waals surface area contributed by atoms with Gasteiger partial charge in [0.2, 0.25) is 11.1 Å². The van der Waals surface area contributed by atoms with E-state index >= 15 is 0 Å². The smallest absolute Gasteiger partial charge is 0.233 e. The van der Waals surface area contributed by atoms with Gasteiger partial charge in [-0.1, -0.05) is 0 Å². The van der Waals surface area contributed by atoms with Crippen LogP contribution in [0.1, 0.15) is 13.8 Å². The van der Waals surface area contributed by atoms with Gasteiger partial charge < -0.3 is 15.4 Å². The zero-order chi connectivity index (χ0) is 10.1. The summed E-state index contributed by atoms with van der Waals surface area (Å²) in [6, 6.07) is 0. The summed E-state index contributed by atoms with van der Waals surface area (Å²) in [5.74, 6) is 0.358. The van der Waals surface area contributed by atoms with Crippen LogP contribution >= 0.6 is 11.5 Å². The van der Waals surface area contributed by atoms with Crippen LogP contribution < -0.4 is 10.6 Å². The van der Waals surface area contributed by atoms with Gasteiger partial charge in [-0.25, -0.2) is 0 Å². The first-order valence-corrected chi connectivity index (χ1v) is 5.42. The molecule has 1 aromatic heterocycles. The van der Waals surface area contributed by atoms with Crippen molar-refractivity contribution < 1.29 is 4.74 Å². The van der Waals surface area contributed by atoms with Crippen molar-refractivity contribution in [3.63, 3.8) is 0 Å². The SMILES string of the molecule is C[C@@H]1CN(c2nc(N)ns2)C[C@H](C)O1. The molecule has 0 aromatic carbocycles. The molecule has 0 bridgehead atoms. The Hall–Kier alpha value is -0.880. The van der Waals surface area contributed by atoms with E-state index in [1.807, 2.05) is 0 Å². The molecule has 2 N–H and O–H groups in total. The van der Waals surface area contributed by atoms with Crippen LogP contribution in [0.15, 0.2) is 0 Å². The third-order valence-electron chi connectivity index (χ3n) is 2.12. The molecule has 1 saturated heterocycles. The molecule has 0 unspecified atom stereocenters. The first-order chi connectivity index (χ1) is 6.65. The fourth-order valence-corrected chi connectivity index (χ4v) is 2.30. The quantitative estimate of drug-likeness (QED) is 0.746. The second kappa shape index (κ2) is 3.70. The maximum Gasteiger partial charge on any atom is 0.233 e. The average molecular weight is 214 g/mol. The summed E-state index contributed by atoms with van der Waals surface area (Å²) in [5.41, 5.74) is 5.48. The molecule has 6 heteroatoms. The summed E-state index contributed by atoms with van der Waals surface area (Å²) in [7, 11) is 0. The van der Waals surface area contributed by atoms with Gasteiger partial charge in [-0.3, -0.25) is 0 Å². The summed E-state index contributed by atoms with van der Waals surface area (Å²) < 4.78 is 9.60. The first kappa shape index (κ1) is 9.67. The number of aromatic nitrogens is 2. The minimum atomic E-state index is 0.240. The first-order valence-electron chi connectivity index (χ1n) is 4.64. The Balaban J connectivity index is 2.10. The van der Waals surface area contributed by atoms with Crippen molar-refractivity contribution in [2.24, 2.45) is 0 Å². The molecule has 1 aliphatic heterocycles. The van der Waals surface area contributed by atoms with Gasteiger partial charge in [-0.2, -0.15) is 9.36 Å². The minimum Gasteiger partial charge on any atom is -0.372 e. The van der Waals surface area contributed by atoms with Crippen molar-refractivity contribution in [3.05, 3.63) is 0 Å². The van der Waals surface area contributed by atoms with E-state index < -0.39 is 0 Å². The van der Waals surface area contributed by atoms with Crippen LogP contribution in [0.4, 0.5) is 11.1 Å². The zero-order valence-electron chi connectivity index (χ0n) is 8.30. The lowest BCUT2D eigenvalue weighted by atomic mass is 10.2. The van der Waals surface area contributed by atoms with Gasteiger partial charge in [0, 0.05) is 24.6 Å². The fraction of sp³-hybridized carbons (Fsp3) is 0.750. The van der Waals surface area contributed by atoms with Crippen molar-refractivity contribution in [1.82, 2.24) is 9.36 Å². The van der Waals surface area contributed by atoms with Gasteiger partial charge >= 0.3 is 0 Å². The molecule has 2 atom stereocenters. The van der Waals surface area contributed by atoms with Crippen LogP contribution in [-0.4, -0.2) is 34.7 Å². The number of hydrogen-bond donors (Lipinski definition) is 1. The molecular formula is C8H14N4OS. The van der Waals surface area contributed by atoms with E-state index in [1.54, 1.807) is 0 Å². The van der Waals surface area contributed by atoms with E-state index in [1.165, 1.54) is 11.5 Å². The lowest BCUT2D eigenvalue weighted by molar-refractivity contribution is -0.00522. The molecular weight excluding hydrogens is 200 g/mol. The second-order valence-electron chi connectivity index (χ2n) is 3.60. The van der Waals surface area contributed by atoms with E-state index in [-0.39, 0.29) is 12.2 Å². The van der Waals surface area contributed by atoms with E-state index in [0.29, 0.717) is 5.95 Å². The second-order valence-corrected chi connectivity index (χ2v) is 4.33. The predicted octanol–water partition coefficient (Wildman–Crippen LogP) is 0.734. The Labute approximate surface area is 87.0 Å². The molecule has 0 amide bonds. The summed E-state index contributed by atoms with van der Waals surface area (Å²) in [5, 5.41) is 0.893. The summed E-state index contributed by atoms with van der Waals surface area (Å²) >= 11 is 1.34. The number of nitrogen functional groups attached to an aromatic ring is 1. The Morgan fingerprint density at radius 1 is 1.43 bits per heavy atom. The lowest BCUT2D eigenvalue weighted by Crippen LogP contribution is -2.45. The van der Waals surface area contributed by atoms with E-state index in [9.17, 15) is 0 Å². The number of morpholine rings is 1. The van der Waals surface area contributed by atoms with Crippen molar-refractivity contribution in [2.45, 2.75) is 26.1 Å². The molecule has 5 nitrogen and oxygen atoms in total. The van der Waals surface area contributed by atoms with Crippen molar-refractivity contribution >= 4 is 22.6 Å². The van der Waals surface area contributed by atoms with Crippen LogP contribution in [-0.2, 0) is 4.74 Å².